The number of hydrogen-bond donors (Lipinski definition) is 1. The summed E-state index contributed by atoms with van der Waals surface area (Å²) < 4.78 is 0. The average molecular weight is 370 g/mol. The number of piperazine rings is 1. The predicted octanol–water partition coefficient (Wildman–Crippen LogP) is 2.65. The van der Waals surface area contributed by atoms with Crippen molar-refractivity contribution < 1.29 is 4.79 Å². The molecule has 5 heteroatoms. The van der Waals surface area contributed by atoms with Gasteiger partial charge in [-0.15, -0.1) is 0 Å². The number of nitrogens with one attached hydrogen (secondary N) is 1. The maximum absolute atomic E-state index is 12.7. The van der Waals surface area contributed by atoms with Crippen LogP contribution < -0.4 is 5.32 Å². The molecule has 0 radical (unpaired) electrons. The lowest BCUT2D eigenvalue weighted by atomic mass is 9.74. The van der Waals surface area contributed by atoms with Gasteiger partial charge in [0.2, 0.25) is 5.91 Å². The molecule has 5 nitrogen and oxygen atoms in total. The van der Waals surface area contributed by atoms with Crippen molar-refractivity contribution in [1.82, 2.24) is 20.2 Å². The van der Waals surface area contributed by atoms with Gasteiger partial charge in [-0.2, -0.15) is 0 Å². The number of piperidine rings is 1. The summed E-state index contributed by atoms with van der Waals surface area (Å²) in [5.74, 6) is 0.686. The lowest BCUT2D eigenvalue weighted by Crippen LogP contribution is -2.72. The van der Waals surface area contributed by atoms with Crippen molar-refractivity contribution in [3.8, 4) is 11.1 Å². The van der Waals surface area contributed by atoms with E-state index in [4.69, 9.17) is 0 Å². The third kappa shape index (κ3) is 3.18. The highest BCUT2D eigenvalue weighted by molar-refractivity contribution is 5.79. The highest BCUT2D eigenvalue weighted by atomic mass is 16.2. The quantitative estimate of drug-likeness (QED) is 0.767. The number of pyridine rings is 2. The van der Waals surface area contributed by atoms with Crippen LogP contribution in [-0.2, 0) is 11.2 Å². The fraction of sp³-hybridized carbons (Fsp3) is 0.261. The summed E-state index contributed by atoms with van der Waals surface area (Å²) in [5.41, 5.74) is 4.77. The van der Waals surface area contributed by atoms with Crippen LogP contribution in [0.3, 0.4) is 0 Å². The van der Waals surface area contributed by atoms with Gasteiger partial charge in [-0.1, -0.05) is 24.3 Å². The molecule has 1 aromatic carbocycles. The Morgan fingerprint density at radius 3 is 2.07 bits per heavy atom. The van der Waals surface area contributed by atoms with E-state index in [9.17, 15) is 4.79 Å². The Hall–Kier alpha value is -3.05. The molecule has 3 atom stereocenters. The molecule has 3 saturated heterocycles. The zero-order chi connectivity index (χ0) is 18.9. The Morgan fingerprint density at radius 2 is 1.43 bits per heavy atom. The molecule has 3 aromatic rings. The Labute approximate surface area is 164 Å². The van der Waals surface area contributed by atoms with Crippen LogP contribution in [0.1, 0.15) is 17.0 Å². The van der Waals surface area contributed by atoms with Crippen molar-refractivity contribution in [2.75, 3.05) is 13.1 Å². The number of rotatable bonds is 4. The molecule has 3 fully saturated rings. The van der Waals surface area contributed by atoms with E-state index in [1.54, 1.807) is 12.4 Å². The second kappa shape index (κ2) is 7.17. The number of carbonyl (C=O) groups excluding carboxylic acids is 1. The Bertz CT molecular complexity index is 947. The lowest BCUT2D eigenvalue weighted by Gasteiger charge is -2.55. The molecule has 0 spiro atoms. The summed E-state index contributed by atoms with van der Waals surface area (Å²) in [6.07, 6.45) is 7.57. The van der Waals surface area contributed by atoms with Gasteiger partial charge in [0, 0.05) is 55.9 Å². The number of amides is 1. The van der Waals surface area contributed by atoms with Crippen molar-refractivity contribution in [3.63, 3.8) is 0 Å². The Kier molecular flexibility index (Phi) is 4.37. The summed E-state index contributed by atoms with van der Waals surface area (Å²) in [7, 11) is 0. The summed E-state index contributed by atoms with van der Waals surface area (Å²) >= 11 is 0. The van der Waals surface area contributed by atoms with Gasteiger partial charge in [-0.3, -0.25) is 14.8 Å². The smallest absolute Gasteiger partial charge is 0.227 e. The van der Waals surface area contributed by atoms with Crippen LogP contribution in [0.25, 0.3) is 11.1 Å². The highest BCUT2D eigenvalue weighted by Gasteiger charge is 2.47. The zero-order valence-electron chi connectivity index (χ0n) is 15.5. The van der Waals surface area contributed by atoms with E-state index in [0.29, 0.717) is 24.4 Å². The Balaban J connectivity index is 1.24. The minimum Gasteiger partial charge on any atom is -0.339 e. The SMILES string of the molecule is O=C(Cc1ccncc1)N1C[C@@H]2N[C@H](C1)C2c1ccc(-c2ccncc2)cc1. The molecule has 0 aliphatic carbocycles. The second-order valence-electron chi connectivity index (χ2n) is 7.59. The number of benzene rings is 1. The number of fused-ring (bicyclic) bond motifs is 2. The fourth-order valence-electron chi connectivity index (χ4n) is 4.42. The highest BCUT2D eigenvalue weighted by Crippen LogP contribution is 2.37. The van der Waals surface area contributed by atoms with Gasteiger partial charge in [0.15, 0.2) is 0 Å². The van der Waals surface area contributed by atoms with Gasteiger partial charge in [0.1, 0.15) is 0 Å². The number of nitrogens with zero attached hydrogens (tertiary/aromatic N) is 3. The molecule has 28 heavy (non-hydrogen) atoms. The van der Waals surface area contributed by atoms with E-state index < -0.39 is 0 Å². The summed E-state index contributed by atoms with van der Waals surface area (Å²) in [5, 5.41) is 3.61. The third-order valence-corrected chi connectivity index (χ3v) is 5.90. The van der Waals surface area contributed by atoms with E-state index >= 15 is 0 Å². The third-order valence-electron chi connectivity index (χ3n) is 5.90. The first kappa shape index (κ1) is 17.1. The molecule has 0 saturated carbocycles. The molecule has 1 amide bonds. The van der Waals surface area contributed by atoms with Crippen LogP contribution in [-0.4, -0.2) is 45.9 Å². The first-order valence-corrected chi connectivity index (χ1v) is 9.71. The van der Waals surface area contributed by atoms with Crippen LogP contribution in [0, 0.1) is 0 Å². The van der Waals surface area contributed by atoms with Crippen molar-refractivity contribution in [1.29, 1.82) is 0 Å². The summed E-state index contributed by atoms with van der Waals surface area (Å²) in [6.45, 7) is 1.55. The number of carbonyl (C=O) groups is 1. The molecule has 1 unspecified atom stereocenters. The minimum atomic E-state index is 0.203. The van der Waals surface area contributed by atoms with E-state index in [0.717, 1.165) is 18.7 Å². The Morgan fingerprint density at radius 1 is 0.857 bits per heavy atom. The first-order chi connectivity index (χ1) is 13.8. The number of aromatic nitrogens is 2. The van der Waals surface area contributed by atoms with Crippen LogP contribution in [0.4, 0.5) is 0 Å². The molecular formula is C23H22N4O. The maximum atomic E-state index is 12.7. The van der Waals surface area contributed by atoms with Gasteiger partial charge >= 0.3 is 0 Å². The molecule has 3 aliphatic heterocycles. The first-order valence-electron chi connectivity index (χ1n) is 9.71. The normalized spacial score (nSPS) is 23.1. The van der Waals surface area contributed by atoms with E-state index in [1.807, 2.05) is 41.6 Å². The van der Waals surface area contributed by atoms with Crippen molar-refractivity contribution in [2.24, 2.45) is 0 Å². The summed E-state index contributed by atoms with van der Waals surface area (Å²) in [4.78, 5) is 22.8. The molecule has 140 valence electrons. The van der Waals surface area contributed by atoms with Gasteiger partial charge in [0.05, 0.1) is 6.42 Å². The molecular weight excluding hydrogens is 348 g/mol. The molecule has 3 aliphatic rings. The number of hydrogen-bond acceptors (Lipinski definition) is 4. The van der Waals surface area contributed by atoms with Gasteiger partial charge in [-0.05, 0) is 46.5 Å². The largest absolute Gasteiger partial charge is 0.339 e. The topological polar surface area (TPSA) is 58.1 Å². The van der Waals surface area contributed by atoms with Crippen LogP contribution in [0.2, 0.25) is 0 Å². The van der Waals surface area contributed by atoms with Crippen LogP contribution in [0.15, 0.2) is 73.3 Å². The molecule has 5 heterocycles. The standard InChI is InChI=1S/C23H22N4O/c28-22(13-16-5-9-24-10-6-16)27-14-20-23(21(15-27)26-20)19-3-1-17(2-4-19)18-7-11-25-12-8-18/h1-12,20-21,23,26H,13-15H2/t20-,21+,23?. The zero-order valence-corrected chi connectivity index (χ0v) is 15.5. The predicted molar refractivity (Wildman–Crippen MR) is 108 cm³/mol. The van der Waals surface area contributed by atoms with E-state index in [-0.39, 0.29) is 5.91 Å². The van der Waals surface area contributed by atoms with Crippen molar-refractivity contribution >= 4 is 5.91 Å². The minimum absolute atomic E-state index is 0.203. The fourth-order valence-corrected chi connectivity index (χ4v) is 4.42. The second-order valence-corrected chi connectivity index (χ2v) is 7.59. The monoisotopic (exact) mass is 370 g/mol. The molecule has 2 aromatic heterocycles. The molecule has 1 N–H and O–H groups in total. The van der Waals surface area contributed by atoms with Gasteiger partial charge < -0.3 is 10.2 Å². The lowest BCUT2D eigenvalue weighted by molar-refractivity contribution is -0.135. The molecule has 2 bridgehead atoms. The summed E-state index contributed by atoms with van der Waals surface area (Å²) in [6, 6.07) is 17.4. The maximum Gasteiger partial charge on any atom is 0.227 e. The van der Waals surface area contributed by atoms with Crippen molar-refractivity contribution in [3.05, 3.63) is 84.4 Å². The van der Waals surface area contributed by atoms with Crippen LogP contribution >= 0.6 is 0 Å². The van der Waals surface area contributed by atoms with E-state index in [2.05, 4.69) is 39.6 Å². The molecule has 6 rings (SSSR count). The van der Waals surface area contributed by atoms with Crippen molar-refractivity contribution in [2.45, 2.75) is 24.4 Å². The van der Waals surface area contributed by atoms with Crippen LogP contribution in [0.5, 0.6) is 0 Å². The van der Waals surface area contributed by atoms with Gasteiger partial charge in [0.25, 0.3) is 0 Å². The van der Waals surface area contributed by atoms with Gasteiger partial charge in [-0.25, -0.2) is 0 Å². The average Bonchev–Trinajstić information content (AvgIpc) is 2.76. The van der Waals surface area contributed by atoms with E-state index in [1.165, 1.54) is 16.7 Å².